The van der Waals surface area contributed by atoms with Gasteiger partial charge in [-0.15, -0.1) is 0 Å². The van der Waals surface area contributed by atoms with Gasteiger partial charge in [0, 0.05) is 0 Å². The molecule has 0 spiro atoms. The molecule has 0 aromatic rings. The summed E-state index contributed by atoms with van der Waals surface area (Å²) in [6.45, 7) is 0. The number of hydrogen-bond donors (Lipinski definition) is 4. The van der Waals surface area contributed by atoms with Gasteiger partial charge in [-0.3, -0.25) is 18.2 Å². The molecule has 0 aliphatic carbocycles. The first-order valence-corrected chi connectivity index (χ1v) is 3.19. The molecule has 0 saturated carbocycles. The van der Waals surface area contributed by atoms with E-state index < -0.39 is 22.7 Å². The van der Waals surface area contributed by atoms with Crippen molar-refractivity contribution in [2.24, 2.45) is 0 Å². The summed E-state index contributed by atoms with van der Waals surface area (Å²) in [5.41, 5.74) is 0. The summed E-state index contributed by atoms with van der Waals surface area (Å²) < 4.78 is 45.7. The molecule has 0 aromatic heterocycles. The van der Waals surface area contributed by atoms with E-state index in [2.05, 4.69) is 0 Å². The van der Waals surface area contributed by atoms with Crippen LogP contribution in [0, 0.1) is 0 Å². The maximum atomic E-state index is 8.67. The van der Waals surface area contributed by atoms with Crippen LogP contribution in [0.15, 0.2) is 0 Å². The van der Waals surface area contributed by atoms with Crippen molar-refractivity contribution < 1.29 is 29.5 Å². The van der Waals surface area contributed by atoms with Gasteiger partial charge in [0.25, 0.3) is 22.7 Å². The second-order valence-corrected chi connectivity index (χ2v) is 1.38. The van der Waals surface area contributed by atoms with E-state index in [4.69, 9.17) is 26.6 Å². The minimum absolute atomic E-state index is 0. The van der Waals surface area contributed by atoms with Crippen LogP contribution in [0.4, 0.5) is 0 Å². The molecule has 0 atom stereocenters. The van der Waals surface area contributed by atoms with Gasteiger partial charge in [0.2, 0.25) is 0 Å². The molecule has 9 heteroatoms. The summed E-state index contributed by atoms with van der Waals surface area (Å²) >= 11 is -5.22. The van der Waals surface area contributed by atoms with E-state index in [1.165, 1.54) is 0 Å². The molecule has 0 fully saturated rings. The van der Waals surface area contributed by atoms with Crippen molar-refractivity contribution >= 4 is 45.8 Å². The van der Waals surface area contributed by atoms with E-state index in [0.717, 1.165) is 0 Å². The molecule has 0 aliphatic heterocycles. The minimum atomic E-state index is -2.61. The maximum Gasteiger partial charge on any atom is 2.00 e. The van der Waals surface area contributed by atoms with Crippen molar-refractivity contribution in [1.29, 1.82) is 0 Å². The number of hydrogen-bond acceptors (Lipinski definition) is 2. The van der Waals surface area contributed by atoms with E-state index in [1.807, 2.05) is 0 Å². The Morgan fingerprint density at radius 2 is 0.889 bits per heavy atom. The fourth-order valence-corrected chi connectivity index (χ4v) is 0. The van der Waals surface area contributed by atoms with Crippen LogP contribution >= 0.6 is 0 Å². The van der Waals surface area contributed by atoms with E-state index in [9.17, 15) is 0 Å². The zero-order valence-corrected chi connectivity index (χ0v) is 7.18. The quantitative estimate of drug-likeness (QED) is 0.294. The molecule has 6 nitrogen and oxygen atoms in total. The normalized spacial score (nSPS) is 7.78. The molecule has 0 rings (SSSR count). The van der Waals surface area contributed by atoms with Crippen molar-refractivity contribution in [3.8, 4) is 0 Å². The van der Waals surface area contributed by atoms with Crippen LogP contribution in [-0.2, 0) is 22.7 Å². The Morgan fingerprint density at radius 1 is 0.889 bits per heavy atom. The molecule has 0 bridgehead atoms. The van der Waals surface area contributed by atoms with E-state index in [-0.39, 0.29) is 25.9 Å². The molecule has 0 aromatic carbocycles. The van der Waals surface area contributed by atoms with Gasteiger partial charge in [-0.2, -0.15) is 8.42 Å². The average Bonchev–Trinajstić information content (AvgIpc) is 1.25. The predicted molar refractivity (Wildman–Crippen MR) is 34.8 cm³/mol. The smallest absolute Gasteiger partial charge is 1.00 e. The predicted octanol–water partition coefficient (Wildman–Crippen LogP) is -0.794. The van der Waals surface area contributed by atoms with Gasteiger partial charge in [-0.05, 0) is 0 Å². The monoisotopic (exact) mass is 190 g/mol. The Morgan fingerprint density at radius 3 is 0.889 bits per heavy atom. The zero-order valence-electron chi connectivity index (χ0n) is 6.13. The summed E-state index contributed by atoms with van der Waals surface area (Å²) in [5, 5.41) is 0. The van der Waals surface area contributed by atoms with Crippen LogP contribution in [0.3, 0.4) is 0 Å². The van der Waals surface area contributed by atoms with Crippen LogP contribution < -0.4 is 0 Å². The van der Waals surface area contributed by atoms with Crippen molar-refractivity contribution in [3.63, 3.8) is 0 Å². The van der Waals surface area contributed by atoms with Gasteiger partial charge in [0.15, 0.2) is 0 Å². The van der Waals surface area contributed by atoms with Gasteiger partial charge >= 0.3 is 23.1 Å². The van der Waals surface area contributed by atoms with Gasteiger partial charge in [0.1, 0.15) is 0 Å². The first kappa shape index (κ1) is 16.5. The van der Waals surface area contributed by atoms with Crippen molar-refractivity contribution in [2.45, 2.75) is 0 Å². The van der Waals surface area contributed by atoms with Gasteiger partial charge in [-0.25, -0.2) is 0 Å². The van der Waals surface area contributed by atoms with Crippen molar-refractivity contribution in [1.82, 2.24) is 0 Å². The second-order valence-electron chi connectivity index (χ2n) is 0.461. The molecule has 0 radical (unpaired) electrons. The Bertz CT molecular complexity index is 76.6. The molecule has 9 heavy (non-hydrogen) atoms. The molecule has 56 valence electrons. The molecule has 0 aliphatic rings. The van der Waals surface area contributed by atoms with Crippen LogP contribution in [-0.4, -0.2) is 49.7 Å². The average molecular weight is 190 g/mol. The standard InChI is InChI=1S/Mg.2H2O3S.2H/c;2*1-4(2)3;;/h;2*(H2,1,2,3);;/q+2;;;2*-1. The Labute approximate surface area is 75.4 Å². The molecule has 0 heterocycles. The van der Waals surface area contributed by atoms with E-state index in [1.54, 1.807) is 0 Å². The molecular formula is H6MgO6S2. The zero-order chi connectivity index (χ0) is 7.15. The van der Waals surface area contributed by atoms with Crippen LogP contribution in [0.1, 0.15) is 2.85 Å². The van der Waals surface area contributed by atoms with E-state index in [0.29, 0.717) is 0 Å². The molecule has 0 unspecified atom stereocenters. The first-order chi connectivity index (χ1) is 3.46. The van der Waals surface area contributed by atoms with Crippen LogP contribution in [0.25, 0.3) is 0 Å². The molecular weight excluding hydrogens is 184 g/mol. The summed E-state index contributed by atoms with van der Waals surface area (Å²) in [4.78, 5) is 0. The third kappa shape index (κ3) is 517. The summed E-state index contributed by atoms with van der Waals surface area (Å²) in [5.74, 6) is 0. The molecule has 0 saturated heterocycles. The third-order valence-electron chi connectivity index (χ3n) is 0. The Balaban J connectivity index is -0.0000000171. The number of rotatable bonds is 0. The summed E-state index contributed by atoms with van der Waals surface area (Å²) in [6.07, 6.45) is 0. The third-order valence-corrected chi connectivity index (χ3v) is 0. The largest absolute Gasteiger partial charge is 2.00 e. The maximum absolute atomic E-state index is 8.67. The van der Waals surface area contributed by atoms with Gasteiger partial charge in [0.05, 0.1) is 0 Å². The van der Waals surface area contributed by atoms with Gasteiger partial charge in [-0.1, -0.05) is 0 Å². The van der Waals surface area contributed by atoms with Gasteiger partial charge < -0.3 is 2.85 Å². The molecule has 0 amide bonds. The topological polar surface area (TPSA) is 115 Å². The minimum Gasteiger partial charge on any atom is -1.00 e. The summed E-state index contributed by atoms with van der Waals surface area (Å²) in [7, 11) is 0. The van der Waals surface area contributed by atoms with Crippen LogP contribution in [0.2, 0.25) is 0 Å². The van der Waals surface area contributed by atoms with Crippen molar-refractivity contribution in [3.05, 3.63) is 0 Å². The fraction of sp³-hybridized carbons (Fsp3) is 0. The van der Waals surface area contributed by atoms with Crippen LogP contribution in [0.5, 0.6) is 0 Å². The Hall–Kier alpha value is 0.906. The SMILES string of the molecule is O=S(O)O.O=S(O)O.[H-].[H-].[Mg+2]. The molecule has 4 N–H and O–H groups in total. The first-order valence-electron chi connectivity index (χ1n) is 1.06. The van der Waals surface area contributed by atoms with Crippen molar-refractivity contribution in [2.75, 3.05) is 0 Å². The Kier molecular flexibility index (Phi) is 21.4. The fourth-order valence-electron chi connectivity index (χ4n) is 0. The second kappa shape index (κ2) is 11.7. The van der Waals surface area contributed by atoms with E-state index >= 15 is 0 Å². The summed E-state index contributed by atoms with van der Waals surface area (Å²) in [6, 6.07) is 0.